The average molecular weight is 474 g/mol. The van der Waals surface area contributed by atoms with Crippen molar-refractivity contribution in [3.8, 4) is 11.1 Å². The number of halogens is 5. The molecule has 0 saturated heterocycles. The molecule has 3 aromatic rings. The fourth-order valence-corrected chi connectivity index (χ4v) is 2.97. The number of hydrogen-bond acceptors (Lipinski definition) is 3. The molecule has 0 aliphatic heterocycles. The second-order valence-electron chi connectivity index (χ2n) is 6.33. The first-order valence-electron chi connectivity index (χ1n) is 8.49. The van der Waals surface area contributed by atoms with Crippen LogP contribution >= 0.6 is 11.8 Å². The van der Waals surface area contributed by atoms with Crippen molar-refractivity contribution in [1.29, 1.82) is 0 Å². The van der Waals surface area contributed by atoms with Gasteiger partial charge in [-0.2, -0.15) is 13.2 Å². The molecule has 8 nitrogen and oxygen atoms in total. The number of aromatic nitrogens is 1. The quantitative estimate of drug-likeness (QED) is 0.427. The number of nitrogens with two attached hydrogens (primary N) is 2. The van der Waals surface area contributed by atoms with Gasteiger partial charge < -0.3 is 27.6 Å². The fourth-order valence-electron chi connectivity index (χ4n) is 2.79. The molecule has 0 unspecified atom stereocenters. The van der Waals surface area contributed by atoms with Crippen LogP contribution in [-0.4, -0.2) is 21.5 Å². The van der Waals surface area contributed by atoms with Crippen LogP contribution in [0.5, 0.6) is 0 Å². The molecule has 0 aliphatic rings. The first kappa shape index (κ1) is 24.5. The molecule has 0 saturated carbocycles. The van der Waals surface area contributed by atoms with E-state index >= 15 is 0 Å². The second kappa shape index (κ2) is 9.16. The number of carbonyl (C=O) groups is 2. The van der Waals surface area contributed by atoms with Gasteiger partial charge in [-0.05, 0) is 35.9 Å². The number of urea groups is 1. The maximum Gasteiger partial charge on any atom is 0.416 e. The molecule has 8 N–H and O–H groups in total. The van der Waals surface area contributed by atoms with Crippen LogP contribution in [0.25, 0.3) is 11.1 Å². The molecule has 170 valence electrons. The Balaban J connectivity index is 0.00000363. The van der Waals surface area contributed by atoms with E-state index in [1.54, 1.807) is 0 Å². The third-order valence-corrected chi connectivity index (χ3v) is 4.52. The van der Waals surface area contributed by atoms with Crippen LogP contribution in [0.2, 0.25) is 0 Å². The van der Waals surface area contributed by atoms with Gasteiger partial charge in [-0.15, -0.1) is 0 Å². The SMILES string of the molecule is NC(=O)c1c(-c2ccc(NC(=O)Nc3cc(C(F)(F)F)ccc3F)cc2)cn(Cl)c1N.O. The zero-order valence-corrected chi connectivity index (χ0v) is 16.7. The second-order valence-corrected chi connectivity index (χ2v) is 6.69. The number of nitrogens with one attached hydrogen (secondary N) is 2. The third-order valence-electron chi connectivity index (χ3n) is 4.24. The Morgan fingerprint density at radius 2 is 1.66 bits per heavy atom. The Kier molecular flexibility index (Phi) is 7.01. The molecule has 3 amide bonds. The van der Waals surface area contributed by atoms with Gasteiger partial charge in [0, 0.05) is 29.2 Å². The van der Waals surface area contributed by atoms with Crippen LogP contribution < -0.4 is 22.1 Å². The largest absolute Gasteiger partial charge is 0.416 e. The molecular weight excluding hydrogens is 458 g/mol. The number of alkyl halides is 3. The van der Waals surface area contributed by atoms with Gasteiger partial charge in [0.05, 0.1) is 16.8 Å². The van der Waals surface area contributed by atoms with Gasteiger partial charge in [-0.25, -0.2) is 13.3 Å². The normalized spacial score (nSPS) is 10.9. The van der Waals surface area contributed by atoms with E-state index < -0.39 is 35.2 Å². The van der Waals surface area contributed by atoms with Gasteiger partial charge in [0.25, 0.3) is 5.91 Å². The molecule has 0 fully saturated rings. The highest BCUT2D eigenvalue weighted by Gasteiger charge is 2.31. The number of nitrogens with zero attached hydrogens (tertiary/aromatic N) is 1. The Morgan fingerprint density at radius 3 is 2.22 bits per heavy atom. The van der Waals surface area contributed by atoms with Crippen molar-refractivity contribution in [2.24, 2.45) is 5.73 Å². The number of primary amides is 1. The van der Waals surface area contributed by atoms with Crippen molar-refractivity contribution >= 4 is 40.9 Å². The van der Waals surface area contributed by atoms with Gasteiger partial charge in [0.15, 0.2) is 0 Å². The number of benzene rings is 2. The molecule has 0 bridgehead atoms. The zero-order chi connectivity index (χ0) is 22.9. The van der Waals surface area contributed by atoms with Crippen molar-refractivity contribution in [2.45, 2.75) is 6.18 Å². The van der Waals surface area contributed by atoms with Gasteiger partial charge in [-0.1, -0.05) is 12.1 Å². The van der Waals surface area contributed by atoms with Crippen molar-refractivity contribution in [3.05, 3.63) is 65.6 Å². The maximum atomic E-state index is 13.8. The summed E-state index contributed by atoms with van der Waals surface area (Å²) in [6.07, 6.45) is -3.30. The van der Waals surface area contributed by atoms with Crippen molar-refractivity contribution < 1.29 is 32.6 Å². The number of hydrogen-bond donors (Lipinski definition) is 4. The lowest BCUT2D eigenvalue weighted by Gasteiger charge is -2.12. The van der Waals surface area contributed by atoms with Crippen LogP contribution in [0.4, 0.5) is 39.5 Å². The van der Waals surface area contributed by atoms with Gasteiger partial charge in [0.1, 0.15) is 11.6 Å². The predicted molar refractivity (Wildman–Crippen MR) is 112 cm³/mol. The number of nitrogen functional groups attached to an aromatic ring is 1. The Hall–Kier alpha value is -3.77. The lowest BCUT2D eigenvalue weighted by molar-refractivity contribution is -0.137. The van der Waals surface area contributed by atoms with E-state index in [9.17, 15) is 27.2 Å². The van der Waals surface area contributed by atoms with Crippen LogP contribution in [0, 0.1) is 5.82 Å². The lowest BCUT2D eigenvalue weighted by Crippen LogP contribution is -2.20. The van der Waals surface area contributed by atoms with Gasteiger partial charge in [-0.3, -0.25) is 4.79 Å². The van der Waals surface area contributed by atoms with Gasteiger partial charge in [0.2, 0.25) is 0 Å². The minimum absolute atomic E-state index is 0. The predicted octanol–water partition coefficient (Wildman–Crippen LogP) is 3.82. The molecule has 32 heavy (non-hydrogen) atoms. The van der Waals surface area contributed by atoms with Crippen molar-refractivity contribution in [3.63, 3.8) is 0 Å². The molecule has 0 aliphatic carbocycles. The van der Waals surface area contributed by atoms with E-state index in [-0.39, 0.29) is 22.5 Å². The summed E-state index contributed by atoms with van der Waals surface area (Å²) in [5, 5.41) is 4.39. The number of anilines is 3. The fraction of sp³-hybridized carbons (Fsp3) is 0.0526. The molecule has 0 radical (unpaired) electrons. The monoisotopic (exact) mass is 473 g/mol. The summed E-state index contributed by atoms with van der Waals surface area (Å²) < 4.78 is 53.1. The number of rotatable bonds is 4. The molecular formula is C19H16ClF4N5O3. The van der Waals surface area contributed by atoms with Crippen LogP contribution in [0.15, 0.2) is 48.7 Å². The van der Waals surface area contributed by atoms with Crippen LogP contribution in [0.3, 0.4) is 0 Å². The molecule has 13 heteroatoms. The summed E-state index contributed by atoms with van der Waals surface area (Å²) in [6, 6.07) is 6.66. The number of carbonyl (C=O) groups excluding carboxylic acids is 2. The van der Waals surface area contributed by atoms with Crippen LogP contribution in [0.1, 0.15) is 15.9 Å². The standard InChI is InChI=1S/C19H14ClF4N5O2.H2O/c20-29-8-12(15(16(29)25)17(26)30)9-1-4-11(5-2-9)27-18(31)28-14-7-10(19(22,23)24)3-6-13(14)21;/h1-8H,25H2,(H2,26,30)(H2,27,28,31);1H2. The first-order valence-corrected chi connectivity index (χ1v) is 8.83. The summed E-state index contributed by atoms with van der Waals surface area (Å²) in [6.45, 7) is 0. The van der Waals surface area contributed by atoms with E-state index in [1.165, 1.54) is 30.5 Å². The Labute approximate surface area is 183 Å². The lowest BCUT2D eigenvalue weighted by atomic mass is 10.0. The van der Waals surface area contributed by atoms with E-state index in [0.717, 1.165) is 4.09 Å². The van der Waals surface area contributed by atoms with Crippen molar-refractivity contribution in [1.82, 2.24) is 4.09 Å². The zero-order valence-electron chi connectivity index (χ0n) is 15.9. The summed E-state index contributed by atoms with van der Waals surface area (Å²) in [4.78, 5) is 23.7. The minimum Gasteiger partial charge on any atom is -0.412 e. The Morgan fingerprint density at radius 1 is 1.03 bits per heavy atom. The summed E-state index contributed by atoms with van der Waals surface area (Å²) in [7, 11) is 0. The topological polar surface area (TPSA) is 147 Å². The highest BCUT2D eigenvalue weighted by molar-refractivity contribution is 6.19. The number of amides is 3. The molecule has 0 atom stereocenters. The Bertz CT molecular complexity index is 1160. The average Bonchev–Trinajstić information content (AvgIpc) is 2.98. The van der Waals surface area contributed by atoms with Crippen LogP contribution in [-0.2, 0) is 6.18 Å². The molecule has 2 aromatic carbocycles. The maximum absolute atomic E-state index is 13.8. The molecule has 0 spiro atoms. The van der Waals surface area contributed by atoms with Gasteiger partial charge >= 0.3 is 12.2 Å². The summed E-state index contributed by atoms with van der Waals surface area (Å²) >= 11 is 5.88. The minimum atomic E-state index is -4.69. The highest BCUT2D eigenvalue weighted by atomic mass is 35.5. The van der Waals surface area contributed by atoms with E-state index in [4.69, 9.17) is 23.2 Å². The smallest absolute Gasteiger partial charge is 0.412 e. The summed E-state index contributed by atoms with van der Waals surface area (Å²) in [5.74, 6) is -1.84. The molecule has 1 aromatic heterocycles. The summed E-state index contributed by atoms with van der Waals surface area (Å²) in [5.41, 5.74) is 10.5. The molecule has 1 heterocycles. The third kappa shape index (κ3) is 5.10. The first-order chi connectivity index (χ1) is 14.5. The molecule has 3 rings (SSSR count). The van der Waals surface area contributed by atoms with Crippen molar-refractivity contribution in [2.75, 3.05) is 16.4 Å². The van der Waals surface area contributed by atoms with E-state index in [1.807, 2.05) is 5.32 Å². The van der Waals surface area contributed by atoms with E-state index in [0.29, 0.717) is 29.3 Å². The highest BCUT2D eigenvalue weighted by Crippen LogP contribution is 2.33. The van der Waals surface area contributed by atoms with E-state index in [2.05, 4.69) is 5.32 Å².